The quantitative estimate of drug-likeness (QED) is 0.403. The molecule has 3 heterocycles. The molecule has 178 valence electrons. The van der Waals surface area contributed by atoms with Crippen LogP contribution in [0.1, 0.15) is 39.7 Å². The number of amides is 2. The number of benzene rings is 2. The number of anilines is 2. The van der Waals surface area contributed by atoms with Crippen LogP contribution in [-0.4, -0.2) is 28.9 Å². The molecule has 9 heteroatoms. The summed E-state index contributed by atoms with van der Waals surface area (Å²) in [7, 11) is 1.63. The second kappa shape index (κ2) is 9.34. The molecule has 1 aliphatic rings. The minimum Gasteiger partial charge on any atom is -0.497 e. The van der Waals surface area contributed by atoms with Gasteiger partial charge in [0.25, 0.3) is 5.91 Å². The SMILES string of the molecule is COc1cccc(CN2C(=O)CCc3cc(-c4csc(NC(=O)c5oc(C)nc5C)n4)ccc32)c1. The maximum Gasteiger partial charge on any atom is 0.295 e. The van der Waals surface area contributed by atoms with Gasteiger partial charge in [-0.1, -0.05) is 18.2 Å². The van der Waals surface area contributed by atoms with Gasteiger partial charge in [0.1, 0.15) is 5.75 Å². The van der Waals surface area contributed by atoms with Crippen LogP contribution in [0.15, 0.2) is 52.3 Å². The van der Waals surface area contributed by atoms with E-state index in [-0.39, 0.29) is 17.6 Å². The van der Waals surface area contributed by atoms with E-state index < -0.39 is 0 Å². The van der Waals surface area contributed by atoms with Crippen LogP contribution in [-0.2, 0) is 17.8 Å². The Morgan fingerprint density at radius 1 is 1.17 bits per heavy atom. The molecular weight excluding hydrogens is 464 g/mol. The van der Waals surface area contributed by atoms with Gasteiger partial charge in [0.05, 0.1) is 25.0 Å². The van der Waals surface area contributed by atoms with Crippen molar-refractivity contribution < 1.29 is 18.7 Å². The fraction of sp³-hybridized carbons (Fsp3) is 0.231. The number of ether oxygens (including phenoxy) is 1. The molecule has 0 saturated carbocycles. The van der Waals surface area contributed by atoms with Gasteiger partial charge in [-0.2, -0.15) is 0 Å². The van der Waals surface area contributed by atoms with Crippen LogP contribution in [0.4, 0.5) is 10.8 Å². The van der Waals surface area contributed by atoms with Crippen molar-refractivity contribution >= 4 is 34.0 Å². The number of aryl methyl sites for hydroxylation is 3. The van der Waals surface area contributed by atoms with Gasteiger partial charge in [-0.25, -0.2) is 9.97 Å². The molecule has 8 nitrogen and oxygen atoms in total. The summed E-state index contributed by atoms with van der Waals surface area (Å²) in [5.41, 5.74) is 5.24. The van der Waals surface area contributed by atoms with Crippen molar-refractivity contribution in [3.63, 3.8) is 0 Å². The van der Waals surface area contributed by atoms with Gasteiger partial charge in [-0.3, -0.25) is 14.9 Å². The predicted octanol–water partition coefficient (Wildman–Crippen LogP) is 5.16. The van der Waals surface area contributed by atoms with E-state index in [2.05, 4.69) is 21.4 Å². The molecule has 0 spiro atoms. The number of nitrogens with one attached hydrogen (secondary N) is 1. The summed E-state index contributed by atoms with van der Waals surface area (Å²) in [5, 5.41) is 5.16. The molecule has 0 unspecified atom stereocenters. The Hall–Kier alpha value is -3.98. The number of methoxy groups -OCH3 is 1. The smallest absolute Gasteiger partial charge is 0.295 e. The number of rotatable bonds is 6. The van der Waals surface area contributed by atoms with Crippen LogP contribution in [0.25, 0.3) is 11.3 Å². The lowest BCUT2D eigenvalue weighted by molar-refractivity contribution is -0.119. The average Bonchev–Trinajstić information content (AvgIpc) is 3.46. The molecule has 2 aromatic carbocycles. The highest BCUT2D eigenvalue weighted by Crippen LogP contribution is 2.34. The average molecular weight is 489 g/mol. The van der Waals surface area contributed by atoms with Crippen molar-refractivity contribution in [3.05, 3.63) is 76.3 Å². The van der Waals surface area contributed by atoms with E-state index >= 15 is 0 Å². The number of hydrogen-bond donors (Lipinski definition) is 1. The normalized spacial score (nSPS) is 13.0. The van der Waals surface area contributed by atoms with Crippen LogP contribution < -0.4 is 15.0 Å². The van der Waals surface area contributed by atoms with Gasteiger partial charge in [0.15, 0.2) is 11.0 Å². The lowest BCUT2D eigenvalue weighted by Gasteiger charge is -2.30. The van der Waals surface area contributed by atoms with Crippen LogP contribution in [0, 0.1) is 13.8 Å². The zero-order valence-electron chi connectivity index (χ0n) is 19.6. The van der Waals surface area contributed by atoms with Gasteiger partial charge in [0, 0.05) is 30.0 Å². The number of oxazole rings is 1. The standard InChI is InChI=1S/C26H24N4O4S/c1-15-24(34-16(2)27-15)25(32)29-26-28-21(14-35-26)18-7-9-22-19(12-18)8-10-23(31)30(22)13-17-5-4-6-20(11-17)33-3/h4-7,9,11-12,14H,8,10,13H2,1-3H3,(H,28,29,32). The van der Waals surface area contributed by atoms with E-state index in [0.717, 1.165) is 33.8 Å². The monoisotopic (exact) mass is 488 g/mol. The van der Waals surface area contributed by atoms with Crippen molar-refractivity contribution in [1.82, 2.24) is 9.97 Å². The Labute approximate surface area is 206 Å². The lowest BCUT2D eigenvalue weighted by atomic mass is 9.97. The molecule has 0 saturated heterocycles. The molecule has 1 aliphatic heterocycles. The number of hydrogen-bond acceptors (Lipinski definition) is 7. The topological polar surface area (TPSA) is 97.6 Å². The molecule has 1 N–H and O–H groups in total. The first-order valence-corrected chi connectivity index (χ1v) is 12.1. The first kappa shape index (κ1) is 22.8. The van der Waals surface area contributed by atoms with Crippen LogP contribution >= 0.6 is 11.3 Å². The summed E-state index contributed by atoms with van der Waals surface area (Å²) < 4.78 is 10.7. The maximum absolute atomic E-state index is 12.8. The lowest BCUT2D eigenvalue weighted by Crippen LogP contribution is -2.34. The number of carbonyl (C=O) groups is 2. The summed E-state index contributed by atoms with van der Waals surface area (Å²) in [6.07, 6.45) is 1.13. The van der Waals surface area contributed by atoms with Crippen LogP contribution in [0.3, 0.4) is 0 Å². The number of fused-ring (bicyclic) bond motifs is 1. The minimum atomic E-state index is -0.374. The Morgan fingerprint density at radius 2 is 2.03 bits per heavy atom. The third kappa shape index (κ3) is 4.67. The van der Waals surface area contributed by atoms with Gasteiger partial charge in [-0.15, -0.1) is 11.3 Å². The van der Waals surface area contributed by atoms with Crippen LogP contribution in [0.5, 0.6) is 5.75 Å². The molecule has 0 fully saturated rings. The number of nitrogens with zero attached hydrogens (tertiary/aromatic N) is 3. The van der Waals surface area contributed by atoms with Gasteiger partial charge in [0.2, 0.25) is 11.7 Å². The Bertz CT molecular complexity index is 1420. The second-order valence-electron chi connectivity index (χ2n) is 8.31. The largest absolute Gasteiger partial charge is 0.497 e. The molecule has 0 bridgehead atoms. The molecular formula is C26H24N4O4S. The fourth-order valence-electron chi connectivity index (χ4n) is 4.21. The first-order valence-electron chi connectivity index (χ1n) is 11.2. The first-order chi connectivity index (χ1) is 16.9. The molecule has 0 radical (unpaired) electrons. The van der Waals surface area contributed by atoms with Gasteiger partial charge >= 0.3 is 0 Å². The summed E-state index contributed by atoms with van der Waals surface area (Å²) in [5.74, 6) is 1.13. The Morgan fingerprint density at radius 3 is 2.80 bits per heavy atom. The third-order valence-corrected chi connectivity index (χ3v) is 6.64. The van der Waals surface area contributed by atoms with E-state index in [4.69, 9.17) is 9.15 Å². The summed E-state index contributed by atoms with van der Waals surface area (Å²) in [4.78, 5) is 35.8. The Balaban J connectivity index is 1.36. The van der Waals surface area contributed by atoms with E-state index in [0.29, 0.717) is 36.1 Å². The third-order valence-electron chi connectivity index (χ3n) is 5.88. The van der Waals surface area contributed by atoms with E-state index in [1.807, 2.05) is 46.7 Å². The number of carbonyl (C=O) groups excluding carboxylic acids is 2. The molecule has 2 amide bonds. The fourth-order valence-corrected chi connectivity index (χ4v) is 4.92. The summed E-state index contributed by atoms with van der Waals surface area (Å²) >= 11 is 1.34. The molecule has 4 aromatic rings. The molecule has 5 rings (SSSR count). The zero-order valence-corrected chi connectivity index (χ0v) is 20.4. The highest BCUT2D eigenvalue weighted by Gasteiger charge is 2.25. The van der Waals surface area contributed by atoms with E-state index in [1.165, 1.54) is 11.3 Å². The highest BCUT2D eigenvalue weighted by molar-refractivity contribution is 7.14. The second-order valence-corrected chi connectivity index (χ2v) is 9.17. The molecule has 0 aliphatic carbocycles. The van der Waals surface area contributed by atoms with Crippen molar-refractivity contribution in [2.75, 3.05) is 17.3 Å². The zero-order chi connectivity index (χ0) is 24.5. The predicted molar refractivity (Wildman–Crippen MR) is 134 cm³/mol. The van der Waals surface area contributed by atoms with Crippen LogP contribution in [0.2, 0.25) is 0 Å². The number of aromatic nitrogens is 2. The van der Waals surface area contributed by atoms with Crippen molar-refractivity contribution in [1.29, 1.82) is 0 Å². The van der Waals surface area contributed by atoms with E-state index in [1.54, 1.807) is 21.0 Å². The van der Waals surface area contributed by atoms with Crippen molar-refractivity contribution in [2.45, 2.75) is 33.2 Å². The van der Waals surface area contributed by atoms with E-state index in [9.17, 15) is 9.59 Å². The molecule has 0 atom stereocenters. The van der Waals surface area contributed by atoms with Crippen molar-refractivity contribution in [3.8, 4) is 17.0 Å². The van der Waals surface area contributed by atoms with Gasteiger partial charge < -0.3 is 14.1 Å². The van der Waals surface area contributed by atoms with Gasteiger partial charge in [-0.05, 0) is 48.7 Å². The van der Waals surface area contributed by atoms with Crippen molar-refractivity contribution in [2.24, 2.45) is 0 Å². The summed E-state index contributed by atoms with van der Waals surface area (Å²) in [6, 6.07) is 13.8. The minimum absolute atomic E-state index is 0.102. The Kier molecular flexibility index (Phi) is 6.08. The number of thiazole rings is 1. The summed E-state index contributed by atoms with van der Waals surface area (Å²) in [6.45, 7) is 3.91. The molecule has 2 aromatic heterocycles. The molecule has 35 heavy (non-hydrogen) atoms. The highest BCUT2D eigenvalue weighted by atomic mass is 32.1. The maximum atomic E-state index is 12.8.